The van der Waals surface area contributed by atoms with E-state index in [4.69, 9.17) is 0 Å². The van der Waals surface area contributed by atoms with Crippen molar-refractivity contribution in [1.29, 1.82) is 0 Å². The maximum Gasteiger partial charge on any atom is 0.155 e. The van der Waals surface area contributed by atoms with E-state index in [9.17, 15) is 9.50 Å². The van der Waals surface area contributed by atoms with Crippen LogP contribution in [0, 0.1) is 12.7 Å². The molecule has 0 radical (unpaired) electrons. The van der Waals surface area contributed by atoms with Crippen molar-refractivity contribution in [1.82, 2.24) is 4.98 Å². The van der Waals surface area contributed by atoms with E-state index in [-0.39, 0.29) is 5.82 Å². The predicted molar refractivity (Wildman–Crippen MR) is 85.5 cm³/mol. The lowest BCUT2D eigenvalue weighted by molar-refractivity contribution is 0.196. The molecule has 0 aliphatic heterocycles. The Morgan fingerprint density at radius 2 is 2.05 bits per heavy atom. The Morgan fingerprint density at radius 1 is 1.29 bits per heavy atom. The largest absolute Gasteiger partial charge is 0.389 e. The van der Waals surface area contributed by atoms with E-state index in [1.807, 2.05) is 24.3 Å². The van der Waals surface area contributed by atoms with Gasteiger partial charge in [-0.05, 0) is 49.2 Å². The number of rotatable bonds is 3. The summed E-state index contributed by atoms with van der Waals surface area (Å²) in [5, 5.41) is 9.84. The minimum atomic E-state index is -0.711. The summed E-state index contributed by atoms with van der Waals surface area (Å²) in [5.74, 6) is -0.292. The molecule has 108 valence electrons. The summed E-state index contributed by atoms with van der Waals surface area (Å²) >= 11 is 3.07. The van der Waals surface area contributed by atoms with Gasteiger partial charge in [0.1, 0.15) is 5.82 Å². The molecule has 1 aromatic heterocycles. The molecule has 1 N–H and O–H groups in total. The van der Waals surface area contributed by atoms with E-state index in [0.717, 1.165) is 19.5 Å². The Labute approximate surface area is 130 Å². The van der Waals surface area contributed by atoms with Gasteiger partial charge in [0.15, 0.2) is 4.34 Å². The fourth-order valence-electron chi connectivity index (χ4n) is 2.07. The van der Waals surface area contributed by atoms with Crippen molar-refractivity contribution in [2.75, 3.05) is 0 Å². The summed E-state index contributed by atoms with van der Waals surface area (Å²) < 4.78 is 15.7. The Morgan fingerprint density at radius 3 is 2.76 bits per heavy atom. The third-order valence-electron chi connectivity index (χ3n) is 3.21. The first-order valence-electron chi connectivity index (χ1n) is 6.56. The SMILES string of the molecule is Cc1cc(Sc2nc3ccccc3s2)c([C@@H](C)O)cc1F. The van der Waals surface area contributed by atoms with Crippen molar-refractivity contribution in [3.05, 3.63) is 53.3 Å². The number of para-hydroxylation sites is 1. The molecule has 1 atom stereocenters. The van der Waals surface area contributed by atoms with Crippen LogP contribution in [-0.4, -0.2) is 10.1 Å². The molecule has 0 fully saturated rings. The van der Waals surface area contributed by atoms with Crippen LogP contribution in [0.3, 0.4) is 0 Å². The van der Waals surface area contributed by atoms with Crippen LogP contribution in [0.4, 0.5) is 4.39 Å². The zero-order valence-electron chi connectivity index (χ0n) is 11.6. The third-order valence-corrected chi connectivity index (χ3v) is 5.38. The van der Waals surface area contributed by atoms with Gasteiger partial charge in [0.25, 0.3) is 0 Å². The van der Waals surface area contributed by atoms with Crippen molar-refractivity contribution in [2.24, 2.45) is 0 Å². The summed E-state index contributed by atoms with van der Waals surface area (Å²) in [5.41, 5.74) is 2.13. The van der Waals surface area contributed by atoms with Gasteiger partial charge in [0.2, 0.25) is 0 Å². The fraction of sp³-hybridized carbons (Fsp3) is 0.188. The van der Waals surface area contributed by atoms with Crippen LogP contribution in [0.2, 0.25) is 0 Å². The Hall–Kier alpha value is -1.43. The van der Waals surface area contributed by atoms with Crippen molar-refractivity contribution in [2.45, 2.75) is 29.2 Å². The number of hydrogen-bond acceptors (Lipinski definition) is 4. The van der Waals surface area contributed by atoms with Crippen LogP contribution in [0.15, 0.2) is 45.6 Å². The molecule has 1 heterocycles. The molecule has 21 heavy (non-hydrogen) atoms. The number of aromatic nitrogens is 1. The maximum atomic E-state index is 13.7. The molecule has 0 unspecified atom stereocenters. The molecule has 0 spiro atoms. The van der Waals surface area contributed by atoms with Crippen LogP contribution >= 0.6 is 23.1 Å². The highest BCUT2D eigenvalue weighted by molar-refractivity contribution is 8.01. The highest BCUT2D eigenvalue weighted by Gasteiger charge is 2.14. The zero-order chi connectivity index (χ0) is 15.0. The van der Waals surface area contributed by atoms with Crippen molar-refractivity contribution < 1.29 is 9.50 Å². The van der Waals surface area contributed by atoms with E-state index in [1.165, 1.54) is 17.8 Å². The minimum absolute atomic E-state index is 0.292. The number of benzene rings is 2. The van der Waals surface area contributed by atoms with Gasteiger partial charge in [-0.25, -0.2) is 9.37 Å². The van der Waals surface area contributed by atoms with Crippen LogP contribution in [0.1, 0.15) is 24.2 Å². The highest BCUT2D eigenvalue weighted by atomic mass is 32.2. The van der Waals surface area contributed by atoms with Crippen LogP contribution < -0.4 is 0 Å². The molecule has 0 aliphatic carbocycles. The van der Waals surface area contributed by atoms with Gasteiger partial charge in [-0.1, -0.05) is 23.9 Å². The number of hydrogen-bond donors (Lipinski definition) is 1. The second kappa shape index (κ2) is 5.75. The first-order chi connectivity index (χ1) is 10.0. The van der Waals surface area contributed by atoms with E-state index in [1.54, 1.807) is 31.3 Å². The Kier molecular flexibility index (Phi) is 3.97. The quantitative estimate of drug-likeness (QED) is 0.741. The Balaban J connectivity index is 2.02. The normalized spacial score (nSPS) is 12.8. The molecule has 2 nitrogen and oxygen atoms in total. The van der Waals surface area contributed by atoms with E-state index >= 15 is 0 Å². The van der Waals surface area contributed by atoms with Gasteiger partial charge in [0.05, 0.1) is 16.3 Å². The average molecular weight is 319 g/mol. The minimum Gasteiger partial charge on any atom is -0.389 e. The summed E-state index contributed by atoms with van der Waals surface area (Å²) in [7, 11) is 0. The molecule has 2 aromatic carbocycles. The third kappa shape index (κ3) is 2.95. The van der Waals surface area contributed by atoms with Gasteiger partial charge in [-0.2, -0.15) is 0 Å². The van der Waals surface area contributed by atoms with Crippen molar-refractivity contribution in [3.8, 4) is 0 Å². The first kappa shape index (κ1) is 14.5. The second-order valence-corrected chi connectivity index (χ2v) is 7.18. The zero-order valence-corrected chi connectivity index (χ0v) is 13.3. The monoisotopic (exact) mass is 319 g/mol. The number of aryl methyl sites for hydroxylation is 1. The molecule has 0 amide bonds. The lowest BCUT2D eigenvalue weighted by Gasteiger charge is -2.12. The number of nitrogens with zero attached hydrogens (tertiary/aromatic N) is 1. The molecule has 3 aromatic rings. The number of aliphatic hydroxyl groups excluding tert-OH is 1. The lowest BCUT2D eigenvalue weighted by atomic mass is 10.1. The summed E-state index contributed by atoms with van der Waals surface area (Å²) in [4.78, 5) is 5.42. The summed E-state index contributed by atoms with van der Waals surface area (Å²) in [6.07, 6.45) is -0.711. The van der Waals surface area contributed by atoms with E-state index in [0.29, 0.717) is 11.1 Å². The van der Waals surface area contributed by atoms with Crippen molar-refractivity contribution in [3.63, 3.8) is 0 Å². The second-order valence-electron chi connectivity index (χ2n) is 4.86. The first-order valence-corrected chi connectivity index (χ1v) is 8.19. The maximum absolute atomic E-state index is 13.7. The molecule has 0 saturated carbocycles. The number of thiazole rings is 1. The van der Waals surface area contributed by atoms with E-state index < -0.39 is 6.10 Å². The topological polar surface area (TPSA) is 33.1 Å². The van der Waals surface area contributed by atoms with Crippen molar-refractivity contribution >= 4 is 33.3 Å². The van der Waals surface area contributed by atoms with Gasteiger partial charge in [-0.3, -0.25) is 0 Å². The molecule has 0 bridgehead atoms. The predicted octanol–water partition coefficient (Wildman–Crippen LogP) is 4.95. The number of halogens is 1. The van der Waals surface area contributed by atoms with Crippen LogP contribution in [0.25, 0.3) is 10.2 Å². The standard InChI is InChI=1S/C16H14FNOS2/c1-9-7-15(11(10(2)19)8-12(9)17)21-16-18-13-5-3-4-6-14(13)20-16/h3-8,10,19H,1-2H3/t10-/m1/s1. The molecule has 3 rings (SSSR count). The lowest BCUT2D eigenvalue weighted by Crippen LogP contribution is -1.97. The number of aliphatic hydroxyl groups is 1. The molecular weight excluding hydrogens is 305 g/mol. The number of fused-ring (bicyclic) bond motifs is 1. The molecular formula is C16H14FNOS2. The summed E-state index contributed by atoms with van der Waals surface area (Å²) in [6, 6.07) is 11.1. The van der Waals surface area contributed by atoms with Gasteiger partial charge >= 0.3 is 0 Å². The molecule has 0 aliphatic rings. The molecule has 0 saturated heterocycles. The van der Waals surface area contributed by atoms with Crippen LogP contribution in [-0.2, 0) is 0 Å². The molecule has 5 heteroatoms. The van der Waals surface area contributed by atoms with Gasteiger partial charge in [-0.15, -0.1) is 11.3 Å². The fourth-order valence-corrected chi connectivity index (χ4v) is 4.39. The summed E-state index contributed by atoms with van der Waals surface area (Å²) in [6.45, 7) is 3.37. The van der Waals surface area contributed by atoms with Gasteiger partial charge in [0, 0.05) is 4.90 Å². The Bertz CT molecular complexity index is 765. The smallest absolute Gasteiger partial charge is 0.155 e. The average Bonchev–Trinajstić information content (AvgIpc) is 2.84. The van der Waals surface area contributed by atoms with Gasteiger partial charge < -0.3 is 5.11 Å². The van der Waals surface area contributed by atoms with Crippen LogP contribution in [0.5, 0.6) is 0 Å². The van der Waals surface area contributed by atoms with E-state index in [2.05, 4.69) is 4.98 Å². The highest BCUT2D eigenvalue weighted by Crippen LogP contribution is 2.38.